The molecule has 2 unspecified atom stereocenters. The first kappa shape index (κ1) is 15.1. The lowest BCUT2D eigenvalue weighted by Crippen LogP contribution is -2.47. The predicted octanol–water partition coefficient (Wildman–Crippen LogP) is 2.36. The predicted molar refractivity (Wildman–Crippen MR) is 77.9 cm³/mol. The van der Waals surface area contributed by atoms with Gasteiger partial charge < -0.3 is 10.0 Å². The molecule has 1 N–H and O–H groups in total. The third-order valence-corrected chi connectivity index (χ3v) is 4.94. The molecule has 7 heteroatoms. The van der Waals surface area contributed by atoms with Crippen LogP contribution >= 0.6 is 23.4 Å². The third-order valence-electron chi connectivity index (χ3n) is 3.10. The van der Waals surface area contributed by atoms with Crippen LogP contribution in [0, 0.1) is 5.92 Å². The molecule has 1 aromatic heterocycles. The highest BCUT2D eigenvalue weighted by Gasteiger charge is 2.43. The third kappa shape index (κ3) is 2.91. The molecule has 0 spiro atoms. The van der Waals surface area contributed by atoms with Crippen molar-refractivity contribution in [2.45, 2.75) is 25.3 Å². The molecule has 1 amide bonds. The van der Waals surface area contributed by atoms with Crippen molar-refractivity contribution < 1.29 is 14.7 Å². The van der Waals surface area contributed by atoms with Crippen LogP contribution in [0.1, 0.15) is 24.2 Å². The summed E-state index contributed by atoms with van der Waals surface area (Å²) in [5.74, 6) is -0.708. The molecule has 2 heterocycles. The minimum atomic E-state index is -0.976. The van der Waals surface area contributed by atoms with Crippen molar-refractivity contribution in [3.8, 4) is 0 Å². The normalized spacial score (nSPS) is 22.3. The summed E-state index contributed by atoms with van der Waals surface area (Å²) in [6, 6.07) is 2.30. The molecule has 1 aromatic rings. The van der Waals surface area contributed by atoms with Crippen LogP contribution in [0.3, 0.4) is 0 Å². The lowest BCUT2D eigenvalue weighted by molar-refractivity contribution is -0.141. The van der Waals surface area contributed by atoms with Gasteiger partial charge in [0.1, 0.15) is 11.2 Å². The maximum Gasteiger partial charge on any atom is 0.327 e. The summed E-state index contributed by atoms with van der Waals surface area (Å²) in [7, 11) is 0. The summed E-state index contributed by atoms with van der Waals surface area (Å²) in [5.41, 5.74) is 0.355. The van der Waals surface area contributed by atoms with Gasteiger partial charge in [-0.3, -0.25) is 4.79 Å². The van der Waals surface area contributed by atoms with E-state index in [2.05, 4.69) is 4.98 Å². The number of carboxylic acid groups (broad SMARTS) is 1. The molecule has 0 aromatic carbocycles. The summed E-state index contributed by atoms with van der Waals surface area (Å²) in [6.07, 6.45) is 1.38. The van der Waals surface area contributed by atoms with Crippen molar-refractivity contribution in [3.05, 3.63) is 29.0 Å². The number of hydrogen-bond donors (Lipinski definition) is 1. The first-order valence-corrected chi connectivity index (χ1v) is 7.63. The van der Waals surface area contributed by atoms with Crippen LogP contribution in [0.15, 0.2) is 18.3 Å². The Balaban J connectivity index is 2.31. The van der Waals surface area contributed by atoms with Gasteiger partial charge in [0, 0.05) is 11.9 Å². The first-order chi connectivity index (χ1) is 9.41. The summed E-state index contributed by atoms with van der Waals surface area (Å²) < 4.78 is 0. The molecule has 20 heavy (non-hydrogen) atoms. The number of carboxylic acids is 1. The van der Waals surface area contributed by atoms with Crippen LogP contribution in [0.25, 0.3) is 0 Å². The number of aromatic nitrogens is 1. The van der Waals surface area contributed by atoms with Crippen molar-refractivity contribution in [1.82, 2.24) is 9.88 Å². The van der Waals surface area contributed by atoms with Crippen LogP contribution in [0.2, 0.25) is 5.15 Å². The van der Waals surface area contributed by atoms with Gasteiger partial charge in [-0.25, -0.2) is 9.78 Å². The van der Waals surface area contributed by atoms with Crippen LogP contribution in [-0.2, 0) is 4.79 Å². The largest absolute Gasteiger partial charge is 0.480 e. The van der Waals surface area contributed by atoms with Gasteiger partial charge in [-0.15, -0.1) is 11.8 Å². The minimum absolute atomic E-state index is 0.140. The Labute approximate surface area is 126 Å². The zero-order chi connectivity index (χ0) is 14.9. The van der Waals surface area contributed by atoms with Crippen molar-refractivity contribution in [3.63, 3.8) is 0 Å². The fraction of sp³-hybridized carbons (Fsp3) is 0.462. The minimum Gasteiger partial charge on any atom is -0.480 e. The highest BCUT2D eigenvalue weighted by Crippen LogP contribution is 2.35. The van der Waals surface area contributed by atoms with E-state index < -0.39 is 12.0 Å². The molecule has 1 saturated heterocycles. The number of carbonyl (C=O) groups is 2. The van der Waals surface area contributed by atoms with E-state index in [9.17, 15) is 14.7 Å². The number of rotatable bonds is 3. The maximum absolute atomic E-state index is 12.6. The van der Waals surface area contributed by atoms with E-state index in [1.54, 1.807) is 6.07 Å². The number of pyridine rings is 1. The lowest BCUT2D eigenvalue weighted by atomic mass is 10.1. The Kier molecular flexibility index (Phi) is 4.55. The second kappa shape index (κ2) is 6.01. The van der Waals surface area contributed by atoms with Crippen molar-refractivity contribution in [2.24, 2.45) is 5.92 Å². The van der Waals surface area contributed by atoms with Gasteiger partial charge in [0.05, 0.1) is 10.9 Å². The summed E-state index contributed by atoms with van der Waals surface area (Å²) in [4.78, 5) is 29.2. The van der Waals surface area contributed by atoms with Crippen molar-refractivity contribution in [2.75, 3.05) is 5.75 Å². The van der Waals surface area contributed by atoms with Gasteiger partial charge in [0.15, 0.2) is 0 Å². The van der Waals surface area contributed by atoms with Crippen molar-refractivity contribution >= 4 is 35.2 Å². The Morgan fingerprint density at radius 1 is 1.50 bits per heavy atom. The molecule has 2 atom stereocenters. The van der Waals surface area contributed by atoms with Gasteiger partial charge in [0.25, 0.3) is 5.91 Å². The Hall–Kier alpha value is -1.27. The molecule has 1 fully saturated rings. The SMILES string of the molecule is CC(C)C1SCC(C(=O)O)N1C(=O)c1ccc(Cl)nc1. The first-order valence-electron chi connectivity index (χ1n) is 6.20. The van der Waals surface area contributed by atoms with Gasteiger partial charge in [-0.1, -0.05) is 25.4 Å². The summed E-state index contributed by atoms with van der Waals surface area (Å²) in [5, 5.41) is 9.44. The standard InChI is InChI=1S/C13H15ClN2O3S/c1-7(2)12-16(9(6-20-12)13(18)19)11(17)8-3-4-10(14)15-5-8/h3-5,7,9,12H,6H2,1-2H3,(H,18,19). The quantitative estimate of drug-likeness (QED) is 0.867. The number of thioether (sulfide) groups is 1. The molecule has 0 aliphatic carbocycles. The fourth-order valence-corrected chi connectivity index (χ4v) is 3.72. The molecular weight excluding hydrogens is 300 g/mol. The van der Waals surface area contributed by atoms with E-state index in [-0.39, 0.29) is 17.2 Å². The van der Waals surface area contributed by atoms with Gasteiger partial charge >= 0.3 is 5.97 Å². The van der Waals surface area contributed by atoms with Crippen LogP contribution in [0.4, 0.5) is 0 Å². The fourth-order valence-electron chi connectivity index (χ4n) is 2.14. The van der Waals surface area contributed by atoms with Gasteiger partial charge in [-0.05, 0) is 18.1 Å². The molecule has 2 rings (SSSR count). The Bertz CT molecular complexity index is 521. The Morgan fingerprint density at radius 2 is 2.20 bits per heavy atom. The van der Waals surface area contributed by atoms with E-state index >= 15 is 0 Å². The topological polar surface area (TPSA) is 70.5 Å². The number of halogens is 1. The molecule has 0 saturated carbocycles. The number of carbonyl (C=O) groups excluding carboxylic acids is 1. The van der Waals surface area contributed by atoms with Crippen molar-refractivity contribution in [1.29, 1.82) is 0 Å². The molecule has 0 bridgehead atoms. The highest BCUT2D eigenvalue weighted by atomic mass is 35.5. The van der Waals surface area contributed by atoms with E-state index in [0.29, 0.717) is 16.5 Å². The highest BCUT2D eigenvalue weighted by molar-refractivity contribution is 8.00. The summed E-state index contributed by atoms with van der Waals surface area (Å²) in [6.45, 7) is 3.95. The molecule has 0 radical (unpaired) electrons. The molecule has 1 aliphatic heterocycles. The van der Waals surface area contributed by atoms with Gasteiger partial charge in [0.2, 0.25) is 0 Å². The zero-order valence-electron chi connectivity index (χ0n) is 11.1. The monoisotopic (exact) mass is 314 g/mol. The number of hydrogen-bond acceptors (Lipinski definition) is 4. The lowest BCUT2D eigenvalue weighted by Gasteiger charge is -2.29. The maximum atomic E-state index is 12.6. The van der Waals surface area contributed by atoms with Gasteiger partial charge in [-0.2, -0.15) is 0 Å². The molecular formula is C13H15ClN2O3S. The van der Waals surface area contributed by atoms with E-state index in [0.717, 1.165) is 0 Å². The van der Waals surface area contributed by atoms with Crippen LogP contribution in [-0.4, -0.2) is 44.0 Å². The molecule has 108 valence electrons. The molecule has 1 aliphatic rings. The zero-order valence-corrected chi connectivity index (χ0v) is 12.7. The van der Waals surface area contributed by atoms with E-state index in [1.165, 1.54) is 28.9 Å². The Morgan fingerprint density at radius 3 is 2.70 bits per heavy atom. The average molecular weight is 315 g/mol. The smallest absolute Gasteiger partial charge is 0.327 e. The molecule has 5 nitrogen and oxygen atoms in total. The van der Waals surface area contributed by atoms with Crippen LogP contribution in [0.5, 0.6) is 0 Å². The number of amides is 1. The summed E-state index contributed by atoms with van der Waals surface area (Å²) >= 11 is 7.20. The number of aliphatic carboxylic acids is 1. The van der Waals surface area contributed by atoms with Crippen LogP contribution < -0.4 is 0 Å². The van der Waals surface area contributed by atoms with E-state index in [4.69, 9.17) is 11.6 Å². The second-order valence-corrected chi connectivity index (χ2v) is 6.44. The second-order valence-electron chi connectivity index (χ2n) is 4.90. The average Bonchev–Trinajstić information content (AvgIpc) is 2.83. The van der Waals surface area contributed by atoms with E-state index in [1.807, 2.05) is 13.8 Å². The number of nitrogens with zero attached hydrogens (tertiary/aromatic N) is 2.